The summed E-state index contributed by atoms with van der Waals surface area (Å²) in [6.07, 6.45) is 8.88. The first-order chi connectivity index (χ1) is 14.0. The van der Waals surface area contributed by atoms with E-state index in [1.54, 1.807) is 36.4 Å². The average molecular weight is 399 g/mol. The number of unbranched alkanes of at least 4 members (excludes halogenated alkanes) is 1. The van der Waals surface area contributed by atoms with Crippen molar-refractivity contribution in [2.75, 3.05) is 0 Å². The quantitative estimate of drug-likeness (QED) is 0.411. The Balaban J connectivity index is 1.75. The van der Waals surface area contributed by atoms with Gasteiger partial charge >= 0.3 is 0 Å². The van der Waals surface area contributed by atoms with Crippen LogP contribution in [0.3, 0.4) is 0 Å². The first kappa shape index (κ1) is 21.7. The third-order valence-corrected chi connectivity index (χ3v) is 6.37. The lowest BCUT2D eigenvalue weighted by molar-refractivity contribution is 0.0980. The molecule has 0 heterocycles. The Bertz CT molecular complexity index is 817. The fourth-order valence-electron chi connectivity index (χ4n) is 4.59. The molecular formula is C26H32F2O. The maximum atomic E-state index is 14.9. The van der Waals surface area contributed by atoms with E-state index in [1.165, 1.54) is 12.8 Å². The molecule has 2 aromatic rings. The van der Waals surface area contributed by atoms with Crippen LogP contribution in [-0.4, -0.2) is 5.78 Å². The second-order valence-corrected chi connectivity index (χ2v) is 8.44. The van der Waals surface area contributed by atoms with Gasteiger partial charge in [0.15, 0.2) is 17.4 Å². The summed E-state index contributed by atoms with van der Waals surface area (Å²) in [5.74, 6) is -0.529. The second kappa shape index (κ2) is 10.1. The lowest BCUT2D eigenvalue weighted by Crippen LogP contribution is -2.15. The topological polar surface area (TPSA) is 17.1 Å². The molecule has 2 aromatic carbocycles. The van der Waals surface area contributed by atoms with Gasteiger partial charge in [0.1, 0.15) is 0 Å². The number of ketones is 1. The van der Waals surface area contributed by atoms with Crippen molar-refractivity contribution in [3.05, 3.63) is 59.2 Å². The van der Waals surface area contributed by atoms with Gasteiger partial charge in [0.05, 0.1) is 0 Å². The van der Waals surface area contributed by atoms with E-state index in [-0.39, 0.29) is 17.3 Å². The standard InChI is InChI=1S/C26H32F2O/c1-3-5-7-24(29)21-14-12-20(13-15-21)23-17-16-22(25(27)26(23)28)19-10-8-18(6-4-2)9-11-19/h12-19H,3-11H2,1-2H3. The van der Waals surface area contributed by atoms with Crippen LogP contribution in [0, 0.1) is 17.6 Å². The van der Waals surface area contributed by atoms with Crippen molar-refractivity contribution in [3.63, 3.8) is 0 Å². The van der Waals surface area contributed by atoms with Crippen molar-refractivity contribution in [2.24, 2.45) is 5.92 Å². The van der Waals surface area contributed by atoms with E-state index >= 15 is 0 Å². The van der Waals surface area contributed by atoms with Crippen LogP contribution in [0.15, 0.2) is 36.4 Å². The second-order valence-electron chi connectivity index (χ2n) is 8.44. The van der Waals surface area contributed by atoms with Crippen LogP contribution >= 0.6 is 0 Å². The summed E-state index contributed by atoms with van der Waals surface area (Å²) in [5.41, 5.74) is 2.02. The highest BCUT2D eigenvalue weighted by atomic mass is 19.2. The SMILES string of the molecule is CCCCC(=O)c1ccc(-c2ccc(C3CCC(CCC)CC3)c(F)c2F)cc1. The summed E-state index contributed by atoms with van der Waals surface area (Å²) in [7, 11) is 0. The van der Waals surface area contributed by atoms with Crippen LogP contribution in [0.5, 0.6) is 0 Å². The predicted octanol–water partition coefficient (Wildman–Crippen LogP) is 8.08. The number of hydrogen-bond donors (Lipinski definition) is 0. The highest BCUT2D eigenvalue weighted by Crippen LogP contribution is 2.40. The zero-order valence-electron chi connectivity index (χ0n) is 17.6. The fourth-order valence-corrected chi connectivity index (χ4v) is 4.59. The number of rotatable bonds is 8. The van der Waals surface area contributed by atoms with Crippen LogP contribution in [-0.2, 0) is 0 Å². The van der Waals surface area contributed by atoms with Crippen LogP contribution in [0.1, 0.15) is 93.5 Å². The Hall–Kier alpha value is -2.03. The molecule has 0 saturated heterocycles. The number of Topliss-reactive ketones (excluding diaryl/α,β-unsaturated/α-hetero) is 1. The lowest BCUT2D eigenvalue weighted by atomic mass is 9.77. The zero-order chi connectivity index (χ0) is 20.8. The molecule has 0 amide bonds. The molecule has 0 aromatic heterocycles. The Kier molecular flexibility index (Phi) is 7.57. The van der Waals surface area contributed by atoms with E-state index in [0.717, 1.165) is 44.4 Å². The van der Waals surface area contributed by atoms with Crippen LogP contribution in [0.4, 0.5) is 8.78 Å². The van der Waals surface area contributed by atoms with E-state index in [9.17, 15) is 13.6 Å². The fraction of sp³-hybridized carbons (Fsp3) is 0.500. The largest absolute Gasteiger partial charge is 0.294 e. The summed E-state index contributed by atoms with van der Waals surface area (Å²) < 4.78 is 29.8. The van der Waals surface area contributed by atoms with Crippen molar-refractivity contribution in [2.45, 2.75) is 77.6 Å². The third kappa shape index (κ3) is 5.12. The van der Waals surface area contributed by atoms with Gasteiger partial charge in [-0.3, -0.25) is 4.79 Å². The van der Waals surface area contributed by atoms with E-state index in [4.69, 9.17) is 0 Å². The van der Waals surface area contributed by atoms with E-state index < -0.39 is 11.6 Å². The summed E-state index contributed by atoms with van der Waals surface area (Å²) >= 11 is 0. The molecule has 3 heteroatoms. The molecule has 1 saturated carbocycles. The van der Waals surface area contributed by atoms with Crippen LogP contribution in [0.25, 0.3) is 11.1 Å². The van der Waals surface area contributed by atoms with Gasteiger partial charge in [0.2, 0.25) is 0 Å². The Morgan fingerprint density at radius 1 is 0.897 bits per heavy atom. The summed E-state index contributed by atoms with van der Waals surface area (Å²) in [6, 6.07) is 10.3. The number of hydrogen-bond acceptors (Lipinski definition) is 1. The first-order valence-electron chi connectivity index (χ1n) is 11.2. The number of halogens is 2. The minimum absolute atomic E-state index is 0.0964. The minimum atomic E-state index is -0.775. The van der Waals surface area contributed by atoms with E-state index in [2.05, 4.69) is 6.92 Å². The van der Waals surface area contributed by atoms with Crippen LogP contribution in [0.2, 0.25) is 0 Å². The van der Waals surface area contributed by atoms with Crippen LogP contribution < -0.4 is 0 Å². The zero-order valence-corrected chi connectivity index (χ0v) is 17.6. The van der Waals surface area contributed by atoms with Gasteiger partial charge < -0.3 is 0 Å². The van der Waals surface area contributed by atoms with Gasteiger partial charge in [0.25, 0.3) is 0 Å². The van der Waals surface area contributed by atoms with Crippen molar-refractivity contribution in [1.82, 2.24) is 0 Å². The maximum absolute atomic E-state index is 14.9. The third-order valence-electron chi connectivity index (χ3n) is 6.37. The summed E-state index contributed by atoms with van der Waals surface area (Å²) in [6.45, 7) is 4.25. The Morgan fingerprint density at radius 3 is 2.21 bits per heavy atom. The molecule has 0 atom stereocenters. The predicted molar refractivity (Wildman–Crippen MR) is 115 cm³/mol. The van der Waals surface area contributed by atoms with E-state index in [1.807, 2.05) is 6.92 Å². The molecule has 29 heavy (non-hydrogen) atoms. The molecule has 0 bridgehead atoms. The number of carbonyl (C=O) groups is 1. The van der Waals surface area contributed by atoms with Crippen molar-refractivity contribution in [1.29, 1.82) is 0 Å². The molecule has 0 N–H and O–H groups in total. The molecule has 156 valence electrons. The first-order valence-corrected chi connectivity index (χ1v) is 11.2. The number of carbonyl (C=O) groups excluding carboxylic acids is 1. The van der Waals surface area contributed by atoms with Crippen molar-refractivity contribution in [3.8, 4) is 11.1 Å². The highest BCUT2D eigenvalue weighted by molar-refractivity contribution is 5.96. The molecule has 1 aliphatic carbocycles. The molecule has 1 nitrogen and oxygen atoms in total. The van der Waals surface area contributed by atoms with Gasteiger partial charge in [-0.15, -0.1) is 0 Å². The summed E-state index contributed by atoms with van der Waals surface area (Å²) in [5, 5.41) is 0. The normalized spacial score (nSPS) is 19.3. The van der Waals surface area contributed by atoms with Crippen molar-refractivity contribution >= 4 is 5.78 Å². The lowest BCUT2D eigenvalue weighted by Gasteiger charge is -2.29. The summed E-state index contributed by atoms with van der Waals surface area (Å²) in [4.78, 5) is 12.1. The monoisotopic (exact) mass is 398 g/mol. The Labute approximate surface area is 173 Å². The molecule has 1 fully saturated rings. The van der Waals surface area contributed by atoms with Gasteiger partial charge in [-0.05, 0) is 55.1 Å². The van der Waals surface area contributed by atoms with Gasteiger partial charge in [-0.25, -0.2) is 8.78 Å². The van der Waals surface area contributed by atoms with Crippen molar-refractivity contribution < 1.29 is 13.6 Å². The molecule has 0 radical (unpaired) electrons. The molecular weight excluding hydrogens is 366 g/mol. The Morgan fingerprint density at radius 2 is 1.59 bits per heavy atom. The minimum Gasteiger partial charge on any atom is -0.294 e. The maximum Gasteiger partial charge on any atom is 0.166 e. The molecule has 0 aliphatic heterocycles. The van der Waals surface area contributed by atoms with E-state index in [0.29, 0.717) is 23.1 Å². The average Bonchev–Trinajstić information content (AvgIpc) is 2.75. The van der Waals surface area contributed by atoms with Gasteiger partial charge in [0, 0.05) is 17.5 Å². The molecule has 3 rings (SSSR count). The highest BCUT2D eigenvalue weighted by Gasteiger charge is 2.26. The molecule has 1 aliphatic rings. The molecule has 0 spiro atoms. The van der Waals surface area contributed by atoms with Gasteiger partial charge in [-0.2, -0.15) is 0 Å². The number of benzene rings is 2. The molecule has 0 unspecified atom stereocenters. The van der Waals surface area contributed by atoms with Gasteiger partial charge in [-0.1, -0.05) is 69.5 Å². The smallest absolute Gasteiger partial charge is 0.166 e.